The molecule has 1 aliphatic rings. The van der Waals surface area contributed by atoms with E-state index >= 15 is 0 Å². The van der Waals surface area contributed by atoms with Crippen LogP contribution in [0.3, 0.4) is 0 Å². The van der Waals surface area contributed by atoms with Crippen LogP contribution in [0.25, 0.3) is 0 Å². The van der Waals surface area contributed by atoms with Crippen LogP contribution < -0.4 is 15.1 Å². The smallest absolute Gasteiger partial charge is 0.133 e. The second-order valence-corrected chi connectivity index (χ2v) is 4.92. The van der Waals surface area contributed by atoms with Crippen LogP contribution in [-0.4, -0.2) is 49.7 Å². The number of hydrogen-bond acceptors (Lipinski definition) is 5. The van der Waals surface area contributed by atoms with Crippen molar-refractivity contribution in [1.29, 1.82) is 0 Å². The lowest BCUT2D eigenvalue weighted by molar-refractivity contribution is 0.597. The third kappa shape index (κ3) is 3.10. The number of nitrogens with zero attached hydrogens (tertiary/aromatic N) is 4. The van der Waals surface area contributed by atoms with E-state index in [9.17, 15) is 0 Å². The Hall–Kier alpha value is -1.36. The number of rotatable bonds is 5. The molecule has 5 nitrogen and oxygen atoms in total. The third-order valence-electron chi connectivity index (χ3n) is 3.55. The Bertz CT molecular complexity index is 375. The highest BCUT2D eigenvalue weighted by atomic mass is 15.2. The van der Waals surface area contributed by atoms with Gasteiger partial charge < -0.3 is 15.1 Å². The summed E-state index contributed by atoms with van der Waals surface area (Å²) in [6.07, 6.45) is 4.19. The van der Waals surface area contributed by atoms with Crippen molar-refractivity contribution in [1.82, 2.24) is 15.3 Å². The lowest BCUT2D eigenvalue weighted by Gasteiger charge is -2.23. The summed E-state index contributed by atoms with van der Waals surface area (Å²) < 4.78 is 0. The molecule has 0 aromatic carbocycles. The molecule has 0 radical (unpaired) electrons. The van der Waals surface area contributed by atoms with Crippen molar-refractivity contribution >= 4 is 11.6 Å². The topological polar surface area (TPSA) is 44.3 Å². The molecule has 18 heavy (non-hydrogen) atoms. The summed E-state index contributed by atoms with van der Waals surface area (Å²) in [6, 6.07) is 2.65. The lowest BCUT2D eigenvalue weighted by Crippen LogP contribution is -2.35. The number of likely N-dealkylation sites (N-methyl/N-ethyl adjacent to an activating group) is 1. The molecule has 1 aromatic heterocycles. The number of hydrogen-bond donors (Lipinski definition) is 1. The molecule has 1 aliphatic heterocycles. The normalized spacial score (nSPS) is 18.9. The zero-order valence-electron chi connectivity index (χ0n) is 11.6. The van der Waals surface area contributed by atoms with Crippen molar-refractivity contribution in [2.24, 2.45) is 0 Å². The number of nitrogens with one attached hydrogen (secondary N) is 1. The van der Waals surface area contributed by atoms with E-state index in [4.69, 9.17) is 0 Å². The molecule has 2 rings (SSSR count). The summed E-state index contributed by atoms with van der Waals surface area (Å²) in [5.41, 5.74) is 0. The van der Waals surface area contributed by atoms with Crippen molar-refractivity contribution in [3.63, 3.8) is 0 Å². The molecule has 0 aliphatic carbocycles. The van der Waals surface area contributed by atoms with Gasteiger partial charge in [-0.2, -0.15) is 0 Å². The van der Waals surface area contributed by atoms with Crippen LogP contribution in [0, 0.1) is 0 Å². The predicted octanol–water partition coefficient (Wildman–Crippen LogP) is 1.12. The highest BCUT2D eigenvalue weighted by molar-refractivity contribution is 5.49. The quantitative estimate of drug-likeness (QED) is 0.847. The highest BCUT2D eigenvalue weighted by Crippen LogP contribution is 2.16. The zero-order valence-corrected chi connectivity index (χ0v) is 11.6. The van der Waals surface area contributed by atoms with Gasteiger partial charge >= 0.3 is 0 Å². The molecule has 1 unspecified atom stereocenters. The van der Waals surface area contributed by atoms with Crippen molar-refractivity contribution in [2.45, 2.75) is 25.8 Å². The van der Waals surface area contributed by atoms with E-state index in [1.54, 1.807) is 6.33 Å². The molecule has 5 heteroatoms. The molecule has 2 heterocycles. The van der Waals surface area contributed by atoms with E-state index in [2.05, 4.69) is 45.1 Å². The van der Waals surface area contributed by atoms with Crippen LogP contribution in [0.4, 0.5) is 11.6 Å². The SMILES string of the molecule is CCN(C)c1cc(N(C)CC2CCCN2)ncn1. The molecule has 1 saturated heterocycles. The zero-order chi connectivity index (χ0) is 13.0. The first kappa shape index (κ1) is 13.1. The van der Waals surface area contributed by atoms with Gasteiger partial charge in [0.1, 0.15) is 18.0 Å². The van der Waals surface area contributed by atoms with Gasteiger partial charge in [-0.05, 0) is 26.3 Å². The largest absolute Gasteiger partial charge is 0.360 e. The van der Waals surface area contributed by atoms with E-state index in [1.165, 1.54) is 12.8 Å². The van der Waals surface area contributed by atoms with Crippen LogP contribution in [-0.2, 0) is 0 Å². The standard InChI is InChI=1S/C13H23N5/c1-4-17(2)12-8-13(16-10-15-12)18(3)9-11-6-5-7-14-11/h8,10-11,14H,4-7,9H2,1-3H3. The average molecular weight is 249 g/mol. The van der Waals surface area contributed by atoms with Gasteiger partial charge in [0.05, 0.1) is 0 Å². The molecule has 0 spiro atoms. The Labute approximate surface area is 109 Å². The molecule has 100 valence electrons. The van der Waals surface area contributed by atoms with Crippen molar-refractivity contribution < 1.29 is 0 Å². The maximum absolute atomic E-state index is 4.36. The summed E-state index contributed by atoms with van der Waals surface area (Å²) in [6.45, 7) is 5.22. The van der Waals surface area contributed by atoms with Gasteiger partial charge in [-0.1, -0.05) is 0 Å². The van der Waals surface area contributed by atoms with Gasteiger partial charge in [0.15, 0.2) is 0 Å². The fraction of sp³-hybridized carbons (Fsp3) is 0.692. The average Bonchev–Trinajstić information content (AvgIpc) is 2.90. The molecule has 1 atom stereocenters. The second-order valence-electron chi connectivity index (χ2n) is 4.92. The summed E-state index contributed by atoms with van der Waals surface area (Å²) in [5.74, 6) is 1.97. The van der Waals surface area contributed by atoms with E-state index in [1.807, 2.05) is 7.05 Å². The Morgan fingerprint density at radius 3 is 2.61 bits per heavy atom. The van der Waals surface area contributed by atoms with Gasteiger partial charge in [-0.15, -0.1) is 0 Å². The summed E-state index contributed by atoms with van der Waals surface area (Å²) in [4.78, 5) is 13.0. The summed E-state index contributed by atoms with van der Waals surface area (Å²) in [5, 5.41) is 3.51. The minimum atomic E-state index is 0.595. The third-order valence-corrected chi connectivity index (χ3v) is 3.55. The maximum Gasteiger partial charge on any atom is 0.133 e. The molecule has 0 bridgehead atoms. The lowest BCUT2D eigenvalue weighted by atomic mass is 10.2. The van der Waals surface area contributed by atoms with Gasteiger partial charge in [-0.25, -0.2) is 9.97 Å². The Morgan fingerprint density at radius 1 is 1.28 bits per heavy atom. The minimum Gasteiger partial charge on any atom is -0.360 e. The molecular weight excluding hydrogens is 226 g/mol. The summed E-state index contributed by atoms with van der Waals surface area (Å²) >= 11 is 0. The number of aromatic nitrogens is 2. The van der Waals surface area contributed by atoms with E-state index in [0.717, 1.165) is 31.3 Å². The predicted molar refractivity (Wildman–Crippen MR) is 75.3 cm³/mol. The Morgan fingerprint density at radius 2 is 2.00 bits per heavy atom. The van der Waals surface area contributed by atoms with Crippen molar-refractivity contribution in [3.8, 4) is 0 Å². The van der Waals surface area contributed by atoms with Crippen LogP contribution in [0.15, 0.2) is 12.4 Å². The van der Waals surface area contributed by atoms with Gasteiger partial charge in [0.25, 0.3) is 0 Å². The minimum absolute atomic E-state index is 0.595. The fourth-order valence-electron chi connectivity index (χ4n) is 2.25. The molecule has 0 saturated carbocycles. The van der Waals surface area contributed by atoms with Gasteiger partial charge in [-0.3, -0.25) is 0 Å². The van der Waals surface area contributed by atoms with Crippen LogP contribution >= 0.6 is 0 Å². The molecule has 1 N–H and O–H groups in total. The van der Waals surface area contributed by atoms with Gasteiger partial charge in [0.2, 0.25) is 0 Å². The Balaban J connectivity index is 2.02. The van der Waals surface area contributed by atoms with E-state index < -0.39 is 0 Å². The van der Waals surface area contributed by atoms with Crippen LogP contribution in [0.5, 0.6) is 0 Å². The first-order chi connectivity index (χ1) is 8.70. The fourth-order valence-corrected chi connectivity index (χ4v) is 2.25. The monoisotopic (exact) mass is 249 g/mol. The molecule has 0 amide bonds. The molecular formula is C13H23N5. The van der Waals surface area contributed by atoms with Gasteiger partial charge in [0, 0.05) is 39.3 Å². The second kappa shape index (κ2) is 6.00. The van der Waals surface area contributed by atoms with Crippen LogP contribution in [0.2, 0.25) is 0 Å². The van der Waals surface area contributed by atoms with Crippen molar-refractivity contribution in [3.05, 3.63) is 12.4 Å². The molecule has 1 fully saturated rings. The maximum atomic E-state index is 4.36. The Kier molecular flexibility index (Phi) is 4.36. The van der Waals surface area contributed by atoms with E-state index in [-0.39, 0.29) is 0 Å². The van der Waals surface area contributed by atoms with Crippen LogP contribution in [0.1, 0.15) is 19.8 Å². The van der Waals surface area contributed by atoms with E-state index in [0.29, 0.717) is 6.04 Å². The first-order valence-corrected chi connectivity index (χ1v) is 6.68. The highest BCUT2D eigenvalue weighted by Gasteiger charge is 2.17. The number of anilines is 2. The molecule has 1 aromatic rings. The summed E-state index contributed by atoms with van der Waals surface area (Å²) in [7, 11) is 4.14. The van der Waals surface area contributed by atoms with Crippen molar-refractivity contribution in [2.75, 3.05) is 43.5 Å². The first-order valence-electron chi connectivity index (χ1n) is 6.68.